The summed E-state index contributed by atoms with van der Waals surface area (Å²) in [5.41, 5.74) is 0.238. The fourth-order valence-electron chi connectivity index (χ4n) is 1.65. The van der Waals surface area contributed by atoms with E-state index in [9.17, 15) is 9.59 Å². The molecule has 0 radical (unpaired) electrons. The fraction of sp³-hybridized carbons (Fsp3) is 0.600. The van der Waals surface area contributed by atoms with Gasteiger partial charge in [0.2, 0.25) is 5.91 Å². The first-order chi connectivity index (χ1) is 8.68. The summed E-state index contributed by atoms with van der Waals surface area (Å²) in [4.78, 5) is 25.4. The molecule has 98 valence electrons. The Labute approximate surface area is 108 Å². The lowest BCUT2D eigenvalue weighted by Crippen LogP contribution is -2.50. The van der Waals surface area contributed by atoms with Crippen LogP contribution in [0.2, 0.25) is 0 Å². The highest BCUT2D eigenvalue weighted by molar-refractivity contribution is 6.99. The van der Waals surface area contributed by atoms with E-state index in [0.29, 0.717) is 26.3 Å². The highest BCUT2D eigenvalue weighted by Gasteiger charge is 2.24. The number of aromatic nitrogens is 2. The lowest BCUT2D eigenvalue weighted by Gasteiger charge is -2.29. The van der Waals surface area contributed by atoms with Gasteiger partial charge in [0.25, 0.3) is 5.91 Å². The molecular formula is C10H14N4O3S. The largest absolute Gasteiger partial charge is 0.378 e. The number of carbonyl (C=O) groups is 2. The second-order valence-electron chi connectivity index (χ2n) is 3.93. The summed E-state index contributed by atoms with van der Waals surface area (Å²) in [6, 6.07) is -0.572. The van der Waals surface area contributed by atoms with E-state index >= 15 is 0 Å². The molecule has 0 saturated carbocycles. The maximum atomic E-state index is 12.0. The number of carbonyl (C=O) groups excluding carboxylic acids is 2. The van der Waals surface area contributed by atoms with E-state index in [0.717, 1.165) is 11.7 Å². The zero-order chi connectivity index (χ0) is 13.0. The summed E-state index contributed by atoms with van der Waals surface area (Å²) in [5, 5.41) is 2.61. The lowest BCUT2D eigenvalue weighted by atomic mass is 10.2. The number of hydrogen-bond donors (Lipinski definition) is 1. The maximum absolute atomic E-state index is 12.0. The van der Waals surface area contributed by atoms with E-state index in [2.05, 4.69) is 14.1 Å². The first-order valence-corrected chi connectivity index (χ1v) is 6.36. The van der Waals surface area contributed by atoms with E-state index in [4.69, 9.17) is 4.74 Å². The van der Waals surface area contributed by atoms with Crippen molar-refractivity contribution in [2.24, 2.45) is 0 Å². The molecule has 1 saturated heterocycles. The third kappa shape index (κ3) is 3.02. The fourth-order valence-corrected chi connectivity index (χ4v) is 2.07. The van der Waals surface area contributed by atoms with Gasteiger partial charge in [0.05, 0.1) is 31.1 Å². The molecule has 2 heterocycles. The molecule has 1 aromatic heterocycles. The zero-order valence-corrected chi connectivity index (χ0v) is 10.8. The van der Waals surface area contributed by atoms with Gasteiger partial charge in [-0.25, -0.2) is 0 Å². The first-order valence-electron chi connectivity index (χ1n) is 5.63. The van der Waals surface area contributed by atoms with Crippen LogP contribution in [0.1, 0.15) is 17.4 Å². The minimum atomic E-state index is -0.572. The summed E-state index contributed by atoms with van der Waals surface area (Å²) in [6.07, 6.45) is 1.38. The highest BCUT2D eigenvalue weighted by atomic mass is 32.1. The first kappa shape index (κ1) is 12.9. The Morgan fingerprint density at radius 2 is 2.22 bits per heavy atom. The van der Waals surface area contributed by atoms with Crippen molar-refractivity contribution in [3.05, 3.63) is 11.9 Å². The molecule has 8 heteroatoms. The van der Waals surface area contributed by atoms with Crippen LogP contribution >= 0.6 is 11.7 Å². The minimum absolute atomic E-state index is 0.102. The van der Waals surface area contributed by atoms with Crippen molar-refractivity contribution in [2.75, 3.05) is 26.3 Å². The number of morpholine rings is 1. The topological polar surface area (TPSA) is 84.4 Å². The number of nitrogens with one attached hydrogen (secondary N) is 1. The van der Waals surface area contributed by atoms with Crippen molar-refractivity contribution >= 4 is 23.5 Å². The van der Waals surface area contributed by atoms with Gasteiger partial charge in [0, 0.05) is 13.1 Å². The molecule has 0 bridgehead atoms. The monoisotopic (exact) mass is 270 g/mol. The van der Waals surface area contributed by atoms with Crippen LogP contribution in [0, 0.1) is 0 Å². The molecule has 1 unspecified atom stereocenters. The van der Waals surface area contributed by atoms with Gasteiger partial charge in [0.15, 0.2) is 5.69 Å². The molecule has 1 aliphatic heterocycles. The number of ether oxygens (including phenoxy) is 1. The van der Waals surface area contributed by atoms with Gasteiger partial charge in [-0.05, 0) is 6.92 Å². The Kier molecular flexibility index (Phi) is 4.21. The van der Waals surface area contributed by atoms with Gasteiger partial charge < -0.3 is 15.0 Å². The quantitative estimate of drug-likeness (QED) is 0.801. The molecule has 1 aliphatic rings. The number of hydrogen-bond acceptors (Lipinski definition) is 6. The normalized spacial score (nSPS) is 17.3. The van der Waals surface area contributed by atoms with Crippen LogP contribution in [0.15, 0.2) is 6.20 Å². The van der Waals surface area contributed by atoms with Crippen LogP contribution in [0.4, 0.5) is 0 Å². The number of amides is 2. The maximum Gasteiger partial charge on any atom is 0.273 e. The molecule has 0 aromatic carbocycles. The van der Waals surface area contributed by atoms with E-state index < -0.39 is 6.04 Å². The number of nitrogens with zero attached hydrogens (tertiary/aromatic N) is 3. The standard InChI is InChI=1S/C10H14N4O3S/c1-7(10(16)14-2-4-17-5-3-14)12-9(15)8-6-11-18-13-8/h6-7H,2-5H2,1H3,(H,12,15). The van der Waals surface area contributed by atoms with Gasteiger partial charge in [0.1, 0.15) is 6.04 Å². The van der Waals surface area contributed by atoms with Gasteiger partial charge in [-0.3, -0.25) is 9.59 Å². The van der Waals surface area contributed by atoms with Crippen LogP contribution in [0.5, 0.6) is 0 Å². The van der Waals surface area contributed by atoms with Crippen LogP contribution in [-0.4, -0.2) is 57.8 Å². The lowest BCUT2D eigenvalue weighted by molar-refractivity contribution is -0.136. The number of rotatable bonds is 3. The minimum Gasteiger partial charge on any atom is -0.378 e. The molecule has 1 N–H and O–H groups in total. The summed E-state index contributed by atoms with van der Waals surface area (Å²) in [7, 11) is 0. The van der Waals surface area contributed by atoms with Crippen molar-refractivity contribution in [2.45, 2.75) is 13.0 Å². The molecule has 1 aromatic rings. The molecular weight excluding hydrogens is 256 g/mol. The Morgan fingerprint density at radius 3 is 2.83 bits per heavy atom. The van der Waals surface area contributed by atoms with E-state index in [1.165, 1.54) is 6.20 Å². The summed E-state index contributed by atoms with van der Waals surface area (Å²) in [6.45, 7) is 3.88. The van der Waals surface area contributed by atoms with E-state index in [1.54, 1.807) is 11.8 Å². The molecule has 7 nitrogen and oxygen atoms in total. The van der Waals surface area contributed by atoms with Crippen molar-refractivity contribution in [3.8, 4) is 0 Å². The molecule has 2 amide bonds. The average molecular weight is 270 g/mol. The Morgan fingerprint density at radius 1 is 1.50 bits per heavy atom. The van der Waals surface area contributed by atoms with Crippen molar-refractivity contribution in [1.82, 2.24) is 19.0 Å². The average Bonchev–Trinajstić information content (AvgIpc) is 2.92. The van der Waals surface area contributed by atoms with Crippen LogP contribution in [0.25, 0.3) is 0 Å². The van der Waals surface area contributed by atoms with Gasteiger partial charge in [-0.15, -0.1) is 0 Å². The highest BCUT2D eigenvalue weighted by Crippen LogP contribution is 2.02. The Bertz CT molecular complexity index is 417. The van der Waals surface area contributed by atoms with Crippen molar-refractivity contribution < 1.29 is 14.3 Å². The Balaban J connectivity index is 1.88. The molecule has 0 spiro atoms. The Hall–Kier alpha value is -1.54. The predicted octanol–water partition coefficient (Wildman–Crippen LogP) is -0.485. The second kappa shape index (κ2) is 5.87. The smallest absolute Gasteiger partial charge is 0.273 e. The summed E-state index contributed by atoms with van der Waals surface area (Å²) < 4.78 is 12.7. The third-order valence-electron chi connectivity index (χ3n) is 2.63. The molecule has 18 heavy (non-hydrogen) atoms. The summed E-state index contributed by atoms with van der Waals surface area (Å²) >= 11 is 0.959. The molecule has 2 rings (SSSR count). The van der Waals surface area contributed by atoms with Crippen molar-refractivity contribution in [3.63, 3.8) is 0 Å². The van der Waals surface area contributed by atoms with Crippen LogP contribution in [-0.2, 0) is 9.53 Å². The van der Waals surface area contributed by atoms with Gasteiger partial charge in [-0.1, -0.05) is 0 Å². The van der Waals surface area contributed by atoms with Crippen LogP contribution < -0.4 is 5.32 Å². The van der Waals surface area contributed by atoms with Crippen LogP contribution in [0.3, 0.4) is 0 Å². The van der Waals surface area contributed by atoms with Gasteiger partial charge in [-0.2, -0.15) is 8.75 Å². The van der Waals surface area contributed by atoms with E-state index in [1.807, 2.05) is 0 Å². The van der Waals surface area contributed by atoms with Gasteiger partial charge >= 0.3 is 0 Å². The second-order valence-corrected chi connectivity index (χ2v) is 4.48. The molecule has 1 atom stereocenters. The summed E-state index contributed by atoms with van der Waals surface area (Å²) in [5.74, 6) is -0.479. The SMILES string of the molecule is CC(NC(=O)c1cnsn1)C(=O)N1CCOCC1. The zero-order valence-electron chi connectivity index (χ0n) is 9.96. The van der Waals surface area contributed by atoms with Crippen molar-refractivity contribution in [1.29, 1.82) is 0 Å². The molecule has 0 aliphatic carbocycles. The van der Waals surface area contributed by atoms with E-state index in [-0.39, 0.29) is 17.5 Å². The predicted molar refractivity (Wildman–Crippen MR) is 64.2 cm³/mol. The molecule has 1 fully saturated rings. The third-order valence-corrected chi connectivity index (χ3v) is 3.11.